The van der Waals surface area contributed by atoms with E-state index < -0.39 is 0 Å². The highest BCUT2D eigenvalue weighted by Crippen LogP contribution is 2.30. The molecule has 1 rings (SSSR count). The first kappa shape index (κ1) is 9.77. The molecule has 1 aliphatic rings. The standard InChI is InChI=1S/C9H14N2O2/c1-7-3-8(4-7)5-10-9(12)6-11-13-2/h6,8H,1,3-5H2,2H3,(H,10,12). The molecule has 0 heterocycles. The van der Waals surface area contributed by atoms with Crippen LogP contribution in [0.2, 0.25) is 0 Å². The van der Waals surface area contributed by atoms with Crippen molar-refractivity contribution in [3.63, 3.8) is 0 Å². The van der Waals surface area contributed by atoms with Gasteiger partial charge in [-0.15, -0.1) is 0 Å². The van der Waals surface area contributed by atoms with Gasteiger partial charge in [0, 0.05) is 6.54 Å². The summed E-state index contributed by atoms with van der Waals surface area (Å²) in [4.78, 5) is 15.3. The summed E-state index contributed by atoms with van der Waals surface area (Å²) in [6.45, 7) is 4.53. The number of hydrogen-bond acceptors (Lipinski definition) is 3. The Morgan fingerprint density at radius 1 is 1.85 bits per heavy atom. The van der Waals surface area contributed by atoms with Gasteiger partial charge in [0.25, 0.3) is 5.91 Å². The molecule has 0 aromatic rings. The molecule has 0 aromatic heterocycles. The monoisotopic (exact) mass is 182 g/mol. The summed E-state index contributed by atoms with van der Waals surface area (Å²) in [6.07, 6.45) is 3.19. The zero-order chi connectivity index (χ0) is 9.68. The summed E-state index contributed by atoms with van der Waals surface area (Å²) < 4.78 is 0. The molecule has 0 radical (unpaired) electrons. The van der Waals surface area contributed by atoms with Crippen LogP contribution in [0.4, 0.5) is 0 Å². The van der Waals surface area contributed by atoms with Gasteiger partial charge in [0.1, 0.15) is 13.3 Å². The average molecular weight is 182 g/mol. The number of nitrogens with zero attached hydrogens (tertiary/aromatic N) is 1. The number of rotatable bonds is 4. The van der Waals surface area contributed by atoms with Gasteiger partial charge in [-0.25, -0.2) is 0 Å². The third kappa shape index (κ3) is 3.27. The summed E-state index contributed by atoms with van der Waals surface area (Å²) in [5, 5.41) is 6.08. The molecule has 1 saturated carbocycles. The molecule has 4 nitrogen and oxygen atoms in total. The SMILES string of the molecule is C=C1CC(CNC(=O)C=NOC)C1. The van der Waals surface area contributed by atoms with Gasteiger partial charge in [0.05, 0.1) is 0 Å². The number of carbonyl (C=O) groups excluding carboxylic acids is 1. The first-order valence-electron chi connectivity index (χ1n) is 4.23. The molecule has 0 bridgehead atoms. The van der Waals surface area contributed by atoms with E-state index in [-0.39, 0.29) is 5.91 Å². The van der Waals surface area contributed by atoms with Crippen LogP contribution in [-0.4, -0.2) is 25.8 Å². The molecule has 0 atom stereocenters. The van der Waals surface area contributed by atoms with E-state index in [1.165, 1.54) is 12.7 Å². The number of carbonyl (C=O) groups is 1. The van der Waals surface area contributed by atoms with Crippen LogP contribution in [0.3, 0.4) is 0 Å². The number of amides is 1. The van der Waals surface area contributed by atoms with Crippen molar-refractivity contribution in [1.82, 2.24) is 5.32 Å². The van der Waals surface area contributed by atoms with Crippen LogP contribution in [0, 0.1) is 5.92 Å². The molecule has 72 valence electrons. The van der Waals surface area contributed by atoms with Crippen LogP contribution in [0.5, 0.6) is 0 Å². The first-order chi connectivity index (χ1) is 6.22. The van der Waals surface area contributed by atoms with E-state index in [1.54, 1.807) is 0 Å². The molecule has 0 saturated heterocycles. The van der Waals surface area contributed by atoms with Crippen molar-refractivity contribution in [1.29, 1.82) is 0 Å². The van der Waals surface area contributed by atoms with Crippen LogP contribution in [0.1, 0.15) is 12.8 Å². The summed E-state index contributed by atoms with van der Waals surface area (Å²) in [5.74, 6) is 0.353. The predicted octanol–water partition coefficient (Wildman–Crippen LogP) is 0.701. The Hall–Kier alpha value is -1.32. The molecule has 13 heavy (non-hydrogen) atoms. The van der Waals surface area contributed by atoms with Gasteiger partial charge in [-0.05, 0) is 18.8 Å². The molecule has 4 heteroatoms. The molecule has 0 aromatic carbocycles. The molecule has 1 fully saturated rings. The van der Waals surface area contributed by atoms with Gasteiger partial charge in [-0.2, -0.15) is 0 Å². The Kier molecular flexibility index (Phi) is 3.49. The van der Waals surface area contributed by atoms with E-state index in [4.69, 9.17) is 0 Å². The van der Waals surface area contributed by atoms with E-state index in [9.17, 15) is 4.79 Å². The number of nitrogens with one attached hydrogen (secondary N) is 1. The molecule has 1 aliphatic carbocycles. The van der Waals surface area contributed by atoms with Crippen molar-refractivity contribution in [2.24, 2.45) is 11.1 Å². The molecular weight excluding hydrogens is 168 g/mol. The van der Waals surface area contributed by atoms with Gasteiger partial charge in [-0.1, -0.05) is 17.3 Å². The zero-order valence-corrected chi connectivity index (χ0v) is 7.75. The van der Waals surface area contributed by atoms with Gasteiger partial charge in [0.15, 0.2) is 0 Å². The van der Waals surface area contributed by atoms with Crippen molar-refractivity contribution in [2.45, 2.75) is 12.8 Å². The van der Waals surface area contributed by atoms with Crippen LogP contribution in [-0.2, 0) is 9.63 Å². The highest BCUT2D eigenvalue weighted by molar-refractivity contribution is 6.26. The Labute approximate surface area is 77.6 Å². The van der Waals surface area contributed by atoms with Crippen LogP contribution < -0.4 is 5.32 Å². The number of allylic oxidation sites excluding steroid dienone is 1. The minimum absolute atomic E-state index is 0.209. The van der Waals surface area contributed by atoms with Gasteiger partial charge in [-0.3, -0.25) is 4.79 Å². The third-order valence-electron chi connectivity index (χ3n) is 2.00. The normalized spacial score (nSPS) is 17.2. The zero-order valence-electron chi connectivity index (χ0n) is 7.75. The van der Waals surface area contributed by atoms with Gasteiger partial charge in [0.2, 0.25) is 0 Å². The topological polar surface area (TPSA) is 50.7 Å². The summed E-state index contributed by atoms with van der Waals surface area (Å²) in [7, 11) is 1.40. The largest absolute Gasteiger partial charge is 0.399 e. The van der Waals surface area contributed by atoms with Crippen LogP contribution in [0.15, 0.2) is 17.3 Å². The summed E-state index contributed by atoms with van der Waals surface area (Å²) in [5.41, 5.74) is 1.27. The van der Waals surface area contributed by atoms with E-state index >= 15 is 0 Å². The summed E-state index contributed by atoms with van der Waals surface area (Å²) >= 11 is 0. The summed E-state index contributed by atoms with van der Waals surface area (Å²) in [6, 6.07) is 0. The fourth-order valence-corrected chi connectivity index (χ4v) is 1.29. The fraction of sp³-hybridized carbons (Fsp3) is 0.556. The second kappa shape index (κ2) is 4.64. The van der Waals surface area contributed by atoms with Gasteiger partial charge >= 0.3 is 0 Å². The fourth-order valence-electron chi connectivity index (χ4n) is 1.29. The number of hydrogen-bond donors (Lipinski definition) is 1. The minimum Gasteiger partial charge on any atom is -0.399 e. The maximum atomic E-state index is 11.0. The first-order valence-corrected chi connectivity index (χ1v) is 4.23. The van der Waals surface area contributed by atoms with Gasteiger partial charge < -0.3 is 10.2 Å². The molecular formula is C9H14N2O2. The minimum atomic E-state index is -0.209. The van der Waals surface area contributed by atoms with E-state index in [0.29, 0.717) is 12.5 Å². The average Bonchev–Trinajstić information content (AvgIpc) is 2.07. The number of oxime groups is 1. The maximum absolute atomic E-state index is 11.0. The van der Waals surface area contributed by atoms with E-state index in [0.717, 1.165) is 19.1 Å². The van der Waals surface area contributed by atoms with Crippen LogP contribution >= 0.6 is 0 Å². The molecule has 0 aliphatic heterocycles. The van der Waals surface area contributed by atoms with E-state index in [1.807, 2.05) is 0 Å². The molecule has 0 spiro atoms. The quantitative estimate of drug-likeness (QED) is 0.395. The van der Waals surface area contributed by atoms with E-state index in [2.05, 4.69) is 21.9 Å². The lowest BCUT2D eigenvalue weighted by molar-refractivity contribution is -0.114. The smallest absolute Gasteiger partial charge is 0.265 e. The van der Waals surface area contributed by atoms with Crippen molar-refractivity contribution < 1.29 is 9.63 Å². The van der Waals surface area contributed by atoms with Crippen LogP contribution in [0.25, 0.3) is 0 Å². The molecule has 1 N–H and O–H groups in total. The van der Waals surface area contributed by atoms with Crippen molar-refractivity contribution in [2.75, 3.05) is 13.7 Å². The van der Waals surface area contributed by atoms with Crippen molar-refractivity contribution >= 4 is 12.1 Å². The predicted molar refractivity (Wildman–Crippen MR) is 50.4 cm³/mol. The maximum Gasteiger partial charge on any atom is 0.265 e. The Balaban J connectivity index is 2.08. The second-order valence-corrected chi connectivity index (χ2v) is 3.19. The Bertz CT molecular complexity index is 228. The third-order valence-corrected chi connectivity index (χ3v) is 2.00. The second-order valence-electron chi connectivity index (χ2n) is 3.19. The van der Waals surface area contributed by atoms with Crippen molar-refractivity contribution in [3.8, 4) is 0 Å². The lowest BCUT2D eigenvalue weighted by atomic mass is 9.81. The Morgan fingerprint density at radius 2 is 2.54 bits per heavy atom. The van der Waals surface area contributed by atoms with Crippen molar-refractivity contribution in [3.05, 3.63) is 12.2 Å². The molecule has 0 unspecified atom stereocenters. The highest BCUT2D eigenvalue weighted by Gasteiger charge is 2.21. The molecule has 1 amide bonds. The lowest BCUT2D eigenvalue weighted by Crippen LogP contribution is -2.33. The lowest BCUT2D eigenvalue weighted by Gasteiger charge is -2.27. The highest BCUT2D eigenvalue weighted by atomic mass is 16.6. The Morgan fingerprint density at radius 3 is 3.08 bits per heavy atom.